The number of aliphatic hydroxyl groups excluding tert-OH is 1. The molecular formula is C12H24N2O2S. The standard InChI is InChI=1S/C12H24N2O2S/c1-17-9-6-11(13)12(16)14(7-3-8-15)10-4-2-5-10/h10-11,15H,2-9,13H2,1H3/t11-/m1/s1. The third kappa shape index (κ3) is 4.48. The molecule has 1 saturated carbocycles. The molecule has 1 fully saturated rings. The molecule has 0 bridgehead atoms. The predicted octanol–water partition coefficient (Wildman–Crippen LogP) is 0.830. The Morgan fingerprint density at radius 2 is 2.29 bits per heavy atom. The van der Waals surface area contributed by atoms with Crippen LogP contribution in [-0.4, -0.2) is 53.2 Å². The van der Waals surface area contributed by atoms with Crippen molar-refractivity contribution in [2.75, 3.05) is 25.2 Å². The first kappa shape index (κ1) is 14.8. The van der Waals surface area contributed by atoms with Gasteiger partial charge in [0.1, 0.15) is 0 Å². The zero-order valence-corrected chi connectivity index (χ0v) is 11.4. The Morgan fingerprint density at radius 1 is 1.59 bits per heavy atom. The summed E-state index contributed by atoms with van der Waals surface area (Å²) in [6.45, 7) is 0.781. The van der Waals surface area contributed by atoms with E-state index in [0.29, 0.717) is 19.0 Å². The minimum Gasteiger partial charge on any atom is -0.396 e. The number of amides is 1. The number of nitrogens with zero attached hydrogens (tertiary/aromatic N) is 1. The number of carbonyl (C=O) groups excluding carboxylic acids is 1. The molecule has 1 atom stereocenters. The maximum Gasteiger partial charge on any atom is 0.239 e. The molecule has 0 saturated heterocycles. The Balaban J connectivity index is 2.45. The van der Waals surface area contributed by atoms with Gasteiger partial charge in [-0.25, -0.2) is 0 Å². The lowest BCUT2D eigenvalue weighted by molar-refractivity contribution is -0.136. The van der Waals surface area contributed by atoms with Gasteiger partial charge in [-0.1, -0.05) is 0 Å². The van der Waals surface area contributed by atoms with Gasteiger partial charge in [0.25, 0.3) is 0 Å². The van der Waals surface area contributed by atoms with Gasteiger partial charge in [-0.05, 0) is 44.1 Å². The van der Waals surface area contributed by atoms with Crippen molar-refractivity contribution in [1.29, 1.82) is 0 Å². The van der Waals surface area contributed by atoms with Crippen molar-refractivity contribution >= 4 is 17.7 Å². The Kier molecular flexibility index (Phi) is 6.92. The molecule has 100 valence electrons. The van der Waals surface area contributed by atoms with E-state index in [9.17, 15) is 4.79 Å². The van der Waals surface area contributed by atoms with Crippen molar-refractivity contribution in [1.82, 2.24) is 4.90 Å². The van der Waals surface area contributed by atoms with Crippen LogP contribution < -0.4 is 5.73 Å². The average Bonchev–Trinajstić information content (AvgIpc) is 2.27. The smallest absolute Gasteiger partial charge is 0.239 e. The molecule has 0 spiro atoms. The van der Waals surface area contributed by atoms with Crippen LogP contribution in [0.15, 0.2) is 0 Å². The van der Waals surface area contributed by atoms with Crippen molar-refractivity contribution in [2.45, 2.75) is 44.2 Å². The molecule has 0 aromatic rings. The van der Waals surface area contributed by atoms with Crippen molar-refractivity contribution in [3.8, 4) is 0 Å². The normalized spacial score (nSPS) is 17.6. The number of hydrogen-bond acceptors (Lipinski definition) is 4. The van der Waals surface area contributed by atoms with Crippen molar-refractivity contribution in [2.24, 2.45) is 5.73 Å². The van der Waals surface area contributed by atoms with E-state index in [2.05, 4.69) is 0 Å². The molecule has 0 heterocycles. The highest BCUT2D eigenvalue weighted by atomic mass is 32.2. The van der Waals surface area contributed by atoms with Crippen LogP contribution in [0, 0.1) is 0 Å². The summed E-state index contributed by atoms with van der Waals surface area (Å²) in [6.07, 6.45) is 6.79. The molecule has 1 rings (SSSR count). The second kappa shape index (κ2) is 7.95. The highest BCUT2D eigenvalue weighted by Gasteiger charge is 2.30. The predicted molar refractivity (Wildman–Crippen MR) is 72.0 cm³/mol. The van der Waals surface area contributed by atoms with Gasteiger partial charge in [0, 0.05) is 19.2 Å². The molecule has 0 aliphatic heterocycles. The van der Waals surface area contributed by atoms with Crippen molar-refractivity contribution in [3.63, 3.8) is 0 Å². The fourth-order valence-corrected chi connectivity index (χ4v) is 2.48. The molecule has 1 amide bonds. The highest BCUT2D eigenvalue weighted by molar-refractivity contribution is 7.98. The van der Waals surface area contributed by atoms with Gasteiger partial charge in [0.05, 0.1) is 6.04 Å². The van der Waals surface area contributed by atoms with Gasteiger partial charge < -0.3 is 15.7 Å². The van der Waals surface area contributed by atoms with Crippen LogP contribution in [-0.2, 0) is 4.79 Å². The SMILES string of the molecule is CSCC[C@@H](N)C(=O)N(CCCO)C1CCC1. The van der Waals surface area contributed by atoms with Crippen LogP contribution in [0.1, 0.15) is 32.1 Å². The summed E-state index contributed by atoms with van der Waals surface area (Å²) in [5.41, 5.74) is 5.93. The third-order valence-corrected chi connectivity index (χ3v) is 3.95. The van der Waals surface area contributed by atoms with Gasteiger partial charge in [-0.3, -0.25) is 4.79 Å². The number of hydrogen-bond donors (Lipinski definition) is 2. The van der Waals surface area contributed by atoms with Gasteiger partial charge in [-0.15, -0.1) is 0 Å². The minimum atomic E-state index is -0.373. The fourth-order valence-electron chi connectivity index (χ4n) is 1.99. The summed E-state index contributed by atoms with van der Waals surface area (Å²) in [6, 6.07) is -0.00359. The lowest BCUT2D eigenvalue weighted by Gasteiger charge is -2.39. The quantitative estimate of drug-likeness (QED) is 0.678. The van der Waals surface area contributed by atoms with Gasteiger partial charge in [-0.2, -0.15) is 11.8 Å². The monoisotopic (exact) mass is 260 g/mol. The summed E-state index contributed by atoms with van der Waals surface area (Å²) < 4.78 is 0. The molecule has 17 heavy (non-hydrogen) atoms. The molecular weight excluding hydrogens is 236 g/mol. The van der Waals surface area contributed by atoms with E-state index in [1.165, 1.54) is 6.42 Å². The van der Waals surface area contributed by atoms with E-state index < -0.39 is 0 Å². The summed E-state index contributed by atoms with van der Waals surface area (Å²) >= 11 is 1.71. The third-order valence-electron chi connectivity index (χ3n) is 3.31. The molecule has 1 aliphatic carbocycles. The lowest BCUT2D eigenvalue weighted by atomic mass is 9.90. The van der Waals surface area contributed by atoms with Crippen molar-refractivity contribution in [3.05, 3.63) is 0 Å². The maximum atomic E-state index is 12.2. The van der Waals surface area contributed by atoms with E-state index in [1.807, 2.05) is 11.2 Å². The maximum absolute atomic E-state index is 12.2. The van der Waals surface area contributed by atoms with Crippen LogP contribution in [0.3, 0.4) is 0 Å². The summed E-state index contributed by atoms with van der Waals surface area (Å²) in [5, 5.41) is 8.88. The number of nitrogens with two attached hydrogens (primary N) is 1. The first-order valence-corrected chi connectivity index (χ1v) is 7.76. The van der Waals surface area contributed by atoms with Crippen LogP contribution in [0.25, 0.3) is 0 Å². The molecule has 1 aliphatic rings. The molecule has 3 N–H and O–H groups in total. The zero-order valence-electron chi connectivity index (χ0n) is 10.6. The van der Waals surface area contributed by atoms with E-state index in [1.54, 1.807) is 11.8 Å². The van der Waals surface area contributed by atoms with Crippen molar-refractivity contribution < 1.29 is 9.90 Å². The molecule has 0 aromatic heterocycles. The van der Waals surface area contributed by atoms with E-state index in [0.717, 1.165) is 25.0 Å². The minimum absolute atomic E-state index is 0.0669. The lowest BCUT2D eigenvalue weighted by Crippen LogP contribution is -2.51. The Hall–Kier alpha value is -0.260. The Bertz CT molecular complexity index is 235. The number of aliphatic hydroxyl groups is 1. The Morgan fingerprint density at radius 3 is 2.76 bits per heavy atom. The summed E-state index contributed by atoms with van der Waals surface area (Å²) in [5.74, 6) is 0.989. The number of thioether (sulfide) groups is 1. The first-order valence-electron chi connectivity index (χ1n) is 6.36. The van der Waals surface area contributed by atoms with E-state index in [4.69, 9.17) is 10.8 Å². The molecule has 0 radical (unpaired) electrons. The second-order valence-electron chi connectivity index (χ2n) is 4.58. The van der Waals surface area contributed by atoms with Gasteiger partial charge in [0.2, 0.25) is 5.91 Å². The average molecular weight is 260 g/mol. The molecule has 0 aromatic carbocycles. The molecule has 4 nitrogen and oxygen atoms in total. The van der Waals surface area contributed by atoms with Crippen LogP contribution in [0.4, 0.5) is 0 Å². The van der Waals surface area contributed by atoms with Gasteiger partial charge in [0.15, 0.2) is 0 Å². The summed E-state index contributed by atoms with van der Waals surface area (Å²) in [4.78, 5) is 14.1. The second-order valence-corrected chi connectivity index (χ2v) is 5.57. The Labute approximate surface area is 108 Å². The van der Waals surface area contributed by atoms with E-state index >= 15 is 0 Å². The van der Waals surface area contributed by atoms with E-state index in [-0.39, 0.29) is 18.6 Å². The number of carbonyl (C=O) groups is 1. The highest BCUT2D eigenvalue weighted by Crippen LogP contribution is 2.25. The van der Waals surface area contributed by atoms with Crippen LogP contribution in [0.5, 0.6) is 0 Å². The largest absolute Gasteiger partial charge is 0.396 e. The first-order chi connectivity index (χ1) is 8.20. The van der Waals surface area contributed by atoms with Gasteiger partial charge >= 0.3 is 0 Å². The van der Waals surface area contributed by atoms with Crippen LogP contribution >= 0.6 is 11.8 Å². The number of rotatable bonds is 8. The molecule has 0 unspecified atom stereocenters. The van der Waals surface area contributed by atoms with Crippen LogP contribution in [0.2, 0.25) is 0 Å². The topological polar surface area (TPSA) is 66.6 Å². The fraction of sp³-hybridized carbons (Fsp3) is 0.917. The zero-order chi connectivity index (χ0) is 12.7. The molecule has 5 heteroatoms. The summed E-state index contributed by atoms with van der Waals surface area (Å²) in [7, 11) is 0.